The van der Waals surface area contributed by atoms with E-state index in [0.29, 0.717) is 18.0 Å². The summed E-state index contributed by atoms with van der Waals surface area (Å²) in [6.07, 6.45) is 5.09. The number of hydrogen-bond acceptors (Lipinski definition) is 1. The highest BCUT2D eigenvalue weighted by atomic mass is 19.1. The van der Waals surface area contributed by atoms with Crippen molar-refractivity contribution in [1.29, 1.82) is 0 Å². The summed E-state index contributed by atoms with van der Waals surface area (Å²) < 4.78 is 12.8. The molecule has 1 aromatic carbocycles. The second-order valence-electron chi connectivity index (χ2n) is 4.86. The van der Waals surface area contributed by atoms with Crippen molar-refractivity contribution in [1.82, 2.24) is 5.32 Å². The van der Waals surface area contributed by atoms with E-state index < -0.39 is 0 Å². The first kappa shape index (κ1) is 9.34. The zero-order valence-corrected chi connectivity index (χ0v) is 8.75. The van der Waals surface area contributed by atoms with Crippen LogP contribution >= 0.6 is 0 Å². The summed E-state index contributed by atoms with van der Waals surface area (Å²) in [6.45, 7) is 0. The molecule has 0 aliphatic carbocycles. The van der Waals surface area contributed by atoms with E-state index in [9.17, 15) is 4.39 Å². The van der Waals surface area contributed by atoms with Crippen molar-refractivity contribution in [2.75, 3.05) is 0 Å². The second kappa shape index (κ2) is 3.60. The Hall–Kier alpha value is -0.890. The van der Waals surface area contributed by atoms with Crippen LogP contribution in [0.3, 0.4) is 0 Å². The summed E-state index contributed by atoms with van der Waals surface area (Å²) in [7, 11) is 0. The number of hydrogen-bond donors (Lipinski definition) is 1. The lowest BCUT2D eigenvalue weighted by molar-refractivity contribution is 0.363. The minimum atomic E-state index is -0.129. The van der Waals surface area contributed by atoms with Crippen molar-refractivity contribution in [2.45, 2.75) is 43.7 Å². The van der Waals surface area contributed by atoms with E-state index in [-0.39, 0.29) is 5.82 Å². The molecule has 3 atom stereocenters. The number of benzene rings is 1. The van der Waals surface area contributed by atoms with Crippen LogP contribution in [0, 0.1) is 5.82 Å². The van der Waals surface area contributed by atoms with Gasteiger partial charge in [0.15, 0.2) is 0 Å². The molecule has 1 unspecified atom stereocenters. The Labute approximate surface area is 89.7 Å². The van der Waals surface area contributed by atoms with Crippen molar-refractivity contribution < 1.29 is 4.39 Å². The lowest BCUT2D eigenvalue weighted by atomic mass is 9.86. The first-order chi connectivity index (χ1) is 7.31. The van der Waals surface area contributed by atoms with Gasteiger partial charge < -0.3 is 5.32 Å². The van der Waals surface area contributed by atoms with Crippen molar-refractivity contribution in [3.8, 4) is 0 Å². The van der Waals surface area contributed by atoms with Crippen molar-refractivity contribution in [3.63, 3.8) is 0 Å². The van der Waals surface area contributed by atoms with Crippen LogP contribution in [0.25, 0.3) is 0 Å². The molecule has 0 aromatic heterocycles. The second-order valence-corrected chi connectivity index (χ2v) is 4.86. The molecule has 0 spiro atoms. The fourth-order valence-corrected chi connectivity index (χ4v) is 3.06. The van der Waals surface area contributed by atoms with Gasteiger partial charge >= 0.3 is 0 Å². The first-order valence-corrected chi connectivity index (χ1v) is 5.83. The molecule has 2 saturated heterocycles. The summed E-state index contributed by atoms with van der Waals surface area (Å²) >= 11 is 0. The Morgan fingerprint density at radius 2 is 1.60 bits per heavy atom. The van der Waals surface area contributed by atoms with Crippen LogP contribution in [0.1, 0.15) is 37.2 Å². The maximum Gasteiger partial charge on any atom is 0.123 e. The predicted molar refractivity (Wildman–Crippen MR) is 58.3 cm³/mol. The van der Waals surface area contributed by atoms with E-state index >= 15 is 0 Å². The van der Waals surface area contributed by atoms with Gasteiger partial charge in [-0.2, -0.15) is 0 Å². The van der Waals surface area contributed by atoms with Crippen LogP contribution in [-0.2, 0) is 0 Å². The fraction of sp³-hybridized carbons (Fsp3) is 0.538. The molecule has 1 aromatic rings. The standard InChI is InChI=1S/C13H16FN/c14-11-3-1-9(2-4-11)10-7-12-5-6-13(8-10)15-12/h1-4,10,12-13,15H,5-8H2/t10?,12-,13+. The van der Waals surface area contributed by atoms with Gasteiger partial charge in [0, 0.05) is 12.1 Å². The lowest BCUT2D eigenvalue weighted by Gasteiger charge is -2.29. The molecule has 2 aliphatic heterocycles. The molecule has 3 rings (SSSR count). The molecule has 1 N–H and O–H groups in total. The molecule has 2 aliphatic rings. The average Bonchev–Trinajstić information content (AvgIpc) is 2.59. The Morgan fingerprint density at radius 3 is 2.20 bits per heavy atom. The molecule has 2 bridgehead atoms. The summed E-state index contributed by atoms with van der Waals surface area (Å²) in [5.41, 5.74) is 1.31. The van der Waals surface area contributed by atoms with E-state index in [1.807, 2.05) is 12.1 Å². The molecular weight excluding hydrogens is 189 g/mol. The smallest absolute Gasteiger partial charge is 0.123 e. The van der Waals surface area contributed by atoms with Crippen LogP contribution in [-0.4, -0.2) is 12.1 Å². The number of halogens is 1. The van der Waals surface area contributed by atoms with Gasteiger partial charge in [0.1, 0.15) is 5.82 Å². The van der Waals surface area contributed by atoms with Gasteiger partial charge in [0.25, 0.3) is 0 Å². The highest BCUT2D eigenvalue weighted by molar-refractivity contribution is 5.22. The summed E-state index contributed by atoms with van der Waals surface area (Å²) in [5, 5.41) is 3.63. The fourth-order valence-electron chi connectivity index (χ4n) is 3.06. The monoisotopic (exact) mass is 205 g/mol. The van der Waals surface area contributed by atoms with E-state index in [4.69, 9.17) is 0 Å². The Morgan fingerprint density at radius 1 is 1.00 bits per heavy atom. The Bertz CT molecular complexity index is 334. The van der Waals surface area contributed by atoms with Crippen molar-refractivity contribution >= 4 is 0 Å². The quantitative estimate of drug-likeness (QED) is 0.743. The van der Waals surface area contributed by atoms with E-state index in [1.54, 1.807) is 12.1 Å². The van der Waals surface area contributed by atoms with Crippen LogP contribution in [0.4, 0.5) is 4.39 Å². The summed E-state index contributed by atoms with van der Waals surface area (Å²) in [4.78, 5) is 0. The molecule has 0 saturated carbocycles. The zero-order valence-electron chi connectivity index (χ0n) is 8.75. The minimum Gasteiger partial charge on any atom is -0.311 e. The zero-order chi connectivity index (χ0) is 10.3. The largest absolute Gasteiger partial charge is 0.311 e. The third-order valence-corrected chi connectivity index (χ3v) is 3.81. The summed E-state index contributed by atoms with van der Waals surface area (Å²) in [6, 6.07) is 8.48. The van der Waals surface area contributed by atoms with E-state index in [2.05, 4.69) is 5.32 Å². The molecule has 80 valence electrons. The predicted octanol–water partition coefficient (Wildman–Crippen LogP) is 2.82. The van der Waals surface area contributed by atoms with Gasteiger partial charge in [-0.1, -0.05) is 12.1 Å². The molecule has 0 radical (unpaired) electrons. The maximum absolute atomic E-state index is 12.8. The average molecular weight is 205 g/mol. The van der Waals surface area contributed by atoms with Gasteiger partial charge in [-0.05, 0) is 49.3 Å². The normalized spacial score (nSPS) is 34.3. The lowest BCUT2D eigenvalue weighted by Crippen LogP contribution is -2.37. The molecule has 1 nitrogen and oxygen atoms in total. The molecule has 15 heavy (non-hydrogen) atoms. The number of nitrogens with one attached hydrogen (secondary N) is 1. The molecule has 2 heteroatoms. The van der Waals surface area contributed by atoms with Crippen LogP contribution in [0.5, 0.6) is 0 Å². The first-order valence-electron chi connectivity index (χ1n) is 5.83. The summed E-state index contributed by atoms with van der Waals surface area (Å²) in [5.74, 6) is 0.514. The molecule has 0 amide bonds. The van der Waals surface area contributed by atoms with Crippen molar-refractivity contribution in [3.05, 3.63) is 35.6 Å². The molecule has 2 heterocycles. The Kier molecular flexibility index (Phi) is 2.24. The molecular formula is C13H16FN. The number of fused-ring (bicyclic) bond motifs is 2. The number of rotatable bonds is 1. The maximum atomic E-state index is 12.8. The minimum absolute atomic E-state index is 0.129. The third-order valence-electron chi connectivity index (χ3n) is 3.81. The van der Waals surface area contributed by atoms with Gasteiger partial charge in [0.2, 0.25) is 0 Å². The van der Waals surface area contributed by atoms with Crippen molar-refractivity contribution in [2.24, 2.45) is 0 Å². The number of piperidine rings is 1. The van der Waals surface area contributed by atoms with Gasteiger partial charge in [0.05, 0.1) is 0 Å². The van der Waals surface area contributed by atoms with Gasteiger partial charge in [-0.15, -0.1) is 0 Å². The van der Waals surface area contributed by atoms with Crippen LogP contribution in [0.15, 0.2) is 24.3 Å². The highest BCUT2D eigenvalue weighted by Gasteiger charge is 2.33. The third kappa shape index (κ3) is 1.78. The topological polar surface area (TPSA) is 12.0 Å². The Balaban J connectivity index is 1.80. The van der Waals surface area contributed by atoms with Gasteiger partial charge in [-0.3, -0.25) is 0 Å². The SMILES string of the molecule is Fc1ccc(C2C[C@H]3CC[C@@H](C2)N3)cc1. The van der Waals surface area contributed by atoms with Gasteiger partial charge in [-0.25, -0.2) is 4.39 Å². The highest BCUT2D eigenvalue weighted by Crippen LogP contribution is 2.36. The van der Waals surface area contributed by atoms with E-state index in [1.165, 1.54) is 31.2 Å². The van der Waals surface area contributed by atoms with Crippen LogP contribution in [0.2, 0.25) is 0 Å². The van der Waals surface area contributed by atoms with E-state index in [0.717, 1.165) is 0 Å². The van der Waals surface area contributed by atoms with Crippen LogP contribution < -0.4 is 5.32 Å². The molecule has 2 fully saturated rings.